The first-order valence-corrected chi connectivity index (χ1v) is 12.9. The van der Waals surface area contributed by atoms with Gasteiger partial charge in [0.15, 0.2) is 0 Å². The van der Waals surface area contributed by atoms with Crippen LogP contribution in [0.5, 0.6) is 0 Å². The highest BCUT2D eigenvalue weighted by molar-refractivity contribution is 5.93. The summed E-state index contributed by atoms with van der Waals surface area (Å²) in [4.78, 5) is 64.5. The summed E-state index contributed by atoms with van der Waals surface area (Å²) in [6.45, 7) is 9.62. The van der Waals surface area contributed by atoms with E-state index in [2.05, 4.69) is 10.6 Å². The molecule has 1 aromatic carbocycles. The molecule has 12 nitrogen and oxygen atoms in total. The molecule has 4 amide bonds. The number of amides is 4. The number of aliphatic hydroxyl groups is 1. The molecule has 0 aliphatic heterocycles. The molecule has 1 aromatic rings. The van der Waals surface area contributed by atoms with E-state index in [1.54, 1.807) is 53.7 Å². The van der Waals surface area contributed by atoms with Gasteiger partial charge in [-0.1, -0.05) is 18.2 Å². The van der Waals surface area contributed by atoms with Crippen molar-refractivity contribution in [2.45, 2.75) is 78.5 Å². The number of alkyl carbamates (subject to hydrolysis) is 1. The second kappa shape index (κ2) is 15.7. The van der Waals surface area contributed by atoms with Gasteiger partial charge in [0.2, 0.25) is 17.7 Å². The van der Waals surface area contributed by atoms with E-state index in [4.69, 9.17) is 15.2 Å². The van der Waals surface area contributed by atoms with Crippen LogP contribution in [0, 0.1) is 13.8 Å². The van der Waals surface area contributed by atoms with Crippen LogP contribution in [-0.4, -0.2) is 77.7 Å². The minimum Gasteiger partial charge on any atom is -0.466 e. The van der Waals surface area contributed by atoms with Crippen molar-refractivity contribution in [2.24, 2.45) is 5.73 Å². The van der Waals surface area contributed by atoms with Gasteiger partial charge < -0.3 is 35.8 Å². The van der Waals surface area contributed by atoms with Crippen LogP contribution in [0.3, 0.4) is 0 Å². The third kappa shape index (κ3) is 11.3. The molecule has 0 aromatic heterocycles. The van der Waals surface area contributed by atoms with Crippen LogP contribution in [0.4, 0.5) is 4.79 Å². The smallest absolute Gasteiger partial charge is 0.408 e. The highest BCUT2D eigenvalue weighted by Crippen LogP contribution is 2.29. The molecule has 218 valence electrons. The van der Waals surface area contributed by atoms with Gasteiger partial charge in [-0.05, 0) is 64.7 Å². The van der Waals surface area contributed by atoms with Crippen molar-refractivity contribution in [1.82, 2.24) is 15.5 Å². The molecule has 0 aliphatic rings. The van der Waals surface area contributed by atoms with E-state index in [1.807, 2.05) is 6.07 Å². The molecule has 2 unspecified atom stereocenters. The number of benzene rings is 1. The number of rotatable bonds is 14. The molecule has 1 rings (SSSR count). The molecule has 0 spiro atoms. The second-order valence-corrected chi connectivity index (χ2v) is 10.0. The molecular weight excluding hydrogens is 508 g/mol. The van der Waals surface area contributed by atoms with Crippen LogP contribution in [0.2, 0.25) is 0 Å². The van der Waals surface area contributed by atoms with Crippen LogP contribution in [0.15, 0.2) is 18.2 Å². The predicted octanol–water partition coefficient (Wildman–Crippen LogP) is 1.39. The van der Waals surface area contributed by atoms with E-state index in [0.29, 0.717) is 16.7 Å². The van der Waals surface area contributed by atoms with Crippen LogP contribution < -0.4 is 16.4 Å². The van der Waals surface area contributed by atoms with Gasteiger partial charge in [0, 0.05) is 19.5 Å². The Morgan fingerprint density at radius 3 is 2.21 bits per heavy atom. The Morgan fingerprint density at radius 2 is 1.69 bits per heavy atom. The molecule has 0 aliphatic carbocycles. The van der Waals surface area contributed by atoms with Gasteiger partial charge in [-0.25, -0.2) is 4.79 Å². The van der Waals surface area contributed by atoms with Crippen molar-refractivity contribution in [3.05, 3.63) is 34.9 Å². The monoisotopic (exact) mass is 550 g/mol. The highest BCUT2D eigenvalue weighted by Gasteiger charge is 2.37. The van der Waals surface area contributed by atoms with Gasteiger partial charge in [-0.2, -0.15) is 0 Å². The van der Waals surface area contributed by atoms with E-state index in [1.165, 1.54) is 0 Å². The van der Waals surface area contributed by atoms with E-state index >= 15 is 0 Å². The quantitative estimate of drug-likeness (QED) is 0.251. The maximum absolute atomic E-state index is 13.9. The molecule has 5 N–H and O–H groups in total. The van der Waals surface area contributed by atoms with Gasteiger partial charge >= 0.3 is 12.1 Å². The zero-order valence-electron chi connectivity index (χ0n) is 23.7. The number of hydrogen-bond acceptors (Lipinski definition) is 8. The lowest BCUT2D eigenvalue weighted by atomic mass is 9.93. The molecule has 0 saturated heterocycles. The Bertz CT molecular complexity index is 1000. The first kappa shape index (κ1) is 33.4. The fourth-order valence-corrected chi connectivity index (χ4v) is 3.97. The van der Waals surface area contributed by atoms with Crippen molar-refractivity contribution in [2.75, 3.05) is 26.3 Å². The van der Waals surface area contributed by atoms with Crippen molar-refractivity contribution in [3.63, 3.8) is 0 Å². The van der Waals surface area contributed by atoms with Crippen molar-refractivity contribution in [3.8, 4) is 0 Å². The van der Waals surface area contributed by atoms with Gasteiger partial charge in [0.1, 0.15) is 17.7 Å². The minimum atomic E-state index is -1.28. The Morgan fingerprint density at radius 1 is 1.08 bits per heavy atom. The van der Waals surface area contributed by atoms with E-state index in [-0.39, 0.29) is 39.0 Å². The highest BCUT2D eigenvalue weighted by atomic mass is 16.6. The van der Waals surface area contributed by atoms with Crippen LogP contribution in [0.25, 0.3) is 0 Å². The normalized spacial score (nSPS) is 12.6. The number of nitrogens with two attached hydrogens (primary N) is 1. The molecule has 0 fully saturated rings. The van der Waals surface area contributed by atoms with E-state index < -0.39 is 54.1 Å². The van der Waals surface area contributed by atoms with Gasteiger partial charge in [0.25, 0.3) is 0 Å². The van der Waals surface area contributed by atoms with Crippen LogP contribution in [0.1, 0.15) is 69.7 Å². The number of primary amides is 1. The number of hydrogen-bond donors (Lipinski definition) is 4. The molecular formula is C27H42N4O8. The first-order chi connectivity index (χ1) is 18.2. The van der Waals surface area contributed by atoms with E-state index in [9.17, 15) is 29.1 Å². The third-order valence-corrected chi connectivity index (χ3v) is 5.60. The number of aliphatic hydroxyl groups excluding tert-OH is 1. The molecule has 0 heterocycles. The summed E-state index contributed by atoms with van der Waals surface area (Å²) < 4.78 is 10.2. The predicted molar refractivity (Wildman–Crippen MR) is 143 cm³/mol. The maximum Gasteiger partial charge on any atom is 0.408 e. The topological polar surface area (TPSA) is 177 Å². The molecule has 39 heavy (non-hydrogen) atoms. The summed E-state index contributed by atoms with van der Waals surface area (Å²) in [5, 5.41) is 15.0. The lowest BCUT2D eigenvalue weighted by Gasteiger charge is -2.35. The van der Waals surface area contributed by atoms with Gasteiger partial charge in [-0.3, -0.25) is 19.2 Å². The zero-order valence-corrected chi connectivity index (χ0v) is 23.7. The van der Waals surface area contributed by atoms with E-state index in [0.717, 1.165) is 4.90 Å². The average molecular weight is 551 g/mol. The minimum absolute atomic E-state index is 0.0402. The number of nitrogens with one attached hydrogen (secondary N) is 2. The SMILES string of the molecule is CCOC(=O)CCNC(=O)C(c1c(C)cccc1C)N(CCO)C(=O)C(CCC(N)=O)NC(=O)OC(C)(C)C. The number of nitrogens with zero attached hydrogens (tertiary/aromatic N) is 1. The number of carbonyl (C=O) groups excluding carboxylic acids is 5. The molecule has 12 heteroatoms. The van der Waals surface area contributed by atoms with Crippen molar-refractivity contribution in [1.29, 1.82) is 0 Å². The number of carbonyl (C=O) groups is 5. The lowest BCUT2D eigenvalue weighted by molar-refractivity contribution is -0.144. The number of aryl methyl sites for hydroxylation is 2. The summed E-state index contributed by atoms with van der Waals surface area (Å²) >= 11 is 0. The number of esters is 1. The van der Waals surface area contributed by atoms with Crippen LogP contribution in [-0.2, 0) is 28.7 Å². The Balaban J connectivity index is 3.47. The van der Waals surface area contributed by atoms with Gasteiger partial charge in [-0.15, -0.1) is 0 Å². The maximum atomic E-state index is 13.9. The summed E-state index contributed by atoms with van der Waals surface area (Å²) in [6.07, 6.45) is -1.34. The third-order valence-electron chi connectivity index (χ3n) is 5.60. The fourth-order valence-electron chi connectivity index (χ4n) is 3.97. The van der Waals surface area contributed by atoms with Gasteiger partial charge in [0.05, 0.1) is 19.6 Å². The van der Waals surface area contributed by atoms with Crippen molar-refractivity contribution >= 4 is 29.8 Å². The van der Waals surface area contributed by atoms with Crippen molar-refractivity contribution < 1.29 is 38.6 Å². The molecule has 0 saturated carbocycles. The summed E-state index contributed by atoms with van der Waals surface area (Å²) in [6, 6.07) is 2.88. The fraction of sp³-hybridized carbons (Fsp3) is 0.593. The Hall–Kier alpha value is -3.67. The molecule has 0 bridgehead atoms. The zero-order chi connectivity index (χ0) is 29.8. The Labute approximate surface area is 229 Å². The summed E-state index contributed by atoms with van der Waals surface area (Å²) in [5.41, 5.74) is 6.40. The molecule has 2 atom stereocenters. The summed E-state index contributed by atoms with van der Waals surface area (Å²) in [7, 11) is 0. The second-order valence-electron chi connectivity index (χ2n) is 10.0. The largest absolute Gasteiger partial charge is 0.466 e. The average Bonchev–Trinajstić information content (AvgIpc) is 2.81. The standard InChI is InChI=1S/C27H42N4O8/c1-7-38-21(34)13-14-29-24(35)23(22-17(2)9-8-10-18(22)3)31(15-16-32)25(36)19(11-12-20(28)33)30-26(37)39-27(4,5)6/h8-10,19,23,32H,7,11-16H2,1-6H3,(H2,28,33)(H,29,35)(H,30,37). The first-order valence-electron chi connectivity index (χ1n) is 12.9. The molecule has 0 radical (unpaired) electrons. The number of ether oxygens (including phenoxy) is 2. The summed E-state index contributed by atoms with van der Waals surface area (Å²) in [5.74, 6) is -2.48. The Kier molecular flexibility index (Phi) is 13.4. The lowest BCUT2D eigenvalue weighted by Crippen LogP contribution is -2.54. The van der Waals surface area contributed by atoms with Crippen LogP contribution >= 0.6 is 0 Å².